The highest BCUT2D eigenvalue weighted by molar-refractivity contribution is 5.86. The standard InChI is InChI=1S/C22H40N10O10/c23-21(24)27-5-1-3-13(19(39)40)29-15(33)9-31(11-17(35)36)7-8-32(12-18(37)38)10-16(34)30-14(20(41)42)4-2-6-28-22(25)26/h13-14H,1-12H2,(H,29,33)(H,30,34)(H,35,36)(H,37,38)(H,39,40)(H,41,42)(H4,23,24,27)(H4,25,26,28)/t13-,14-/m1/s1. The predicted octanol–water partition coefficient (Wildman–Crippen LogP) is -4.99. The molecule has 2 atom stereocenters. The zero-order valence-corrected chi connectivity index (χ0v) is 23.0. The first-order valence-electron chi connectivity index (χ1n) is 12.6. The Morgan fingerprint density at radius 1 is 0.595 bits per heavy atom. The van der Waals surface area contributed by atoms with Gasteiger partial charge in [0.2, 0.25) is 11.8 Å². The van der Waals surface area contributed by atoms with E-state index in [2.05, 4.69) is 20.6 Å². The third-order valence-corrected chi connectivity index (χ3v) is 5.34. The molecular formula is C22H40N10O10. The number of guanidine groups is 2. The average Bonchev–Trinajstić information content (AvgIpc) is 2.84. The van der Waals surface area contributed by atoms with Gasteiger partial charge >= 0.3 is 23.9 Å². The molecular weight excluding hydrogens is 564 g/mol. The Morgan fingerprint density at radius 2 is 0.929 bits per heavy atom. The van der Waals surface area contributed by atoms with Gasteiger partial charge in [0.25, 0.3) is 0 Å². The van der Waals surface area contributed by atoms with Gasteiger partial charge in [0.05, 0.1) is 26.2 Å². The second kappa shape index (κ2) is 20.2. The number of aliphatic carboxylic acids is 4. The van der Waals surface area contributed by atoms with E-state index in [-0.39, 0.29) is 63.8 Å². The lowest BCUT2D eigenvalue weighted by atomic mass is 10.1. The highest BCUT2D eigenvalue weighted by Crippen LogP contribution is 2.02. The molecule has 0 aliphatic heterocycles. The molecule has 238 valence electrons. The summed E-state index contributed by atoms with van der Waals surface area (Å²) in [4.78, 5) is 80.3. The van der Waals surface area contributed by atoms with Gasteiger partial charge in [0.1, 0.15) is 12.1 Å². The topological polar surface area (TPSA) is 343 Å². The number of nitrogens with zero attached hydrogens (tertiary/aromatic N) is 4. The summed E-state index contributed by atoms with van der Waals surface area (Å²) in [6.07, 6.45) is 0.451. The Morgan fingerprint density at radius 3 is 1.19 bits per heavy atom. The Balaban J connectivity index is 5.23. The summed E-state index contributed by atoms with van der Waals surface area (Å²) >= 11 is 0. The van der Waals surface area contributed by atoms with Gasteiger partial charge in [0, 0.05) is 26.2 Å². The Kier molecular flexibility index (Phi) is 17.9. The molecule has 0 saturated carbocycles. The van der Waals surface area contributed by atoms with Crippen molar-refractivity contribution >= 4 is 47.6 Å². The van der Waals surface area contributed by atoms with Crippen molar-refractivity contribution in [3.05, 3.63) is 0 Å². The van der Waals surface area contributed by atoms with Crippen LogP contribution < -0.4 is 33.6 Å². The lowest BCUT2D eigenvalue weighted by molar-refractivity contribution is -0.143. The van der Waals surface area contributed by atoms with Crippen LogP contribution in [0.1, 0.15) is 25.7 Å². The molecule has 0 aliphatic carbocycles. The molecule has 0 unspecified atom stereocenters. The molecule has 14 N–H and O–H groups in total. The summed E-state index contributed by atoms with van der Waals surface area (Å²) in [5, 5.41) is 41.8. The fourth-order valence-corrected chi connectivity index (χ4v) is 3.50. The van der Waals surface area contributed by atoms with E-state index in [9.17, 15) is 49.2 Å². The Bertz CT molecular complexity index is 920. The van der Waals surface area contributed by atoms with Gasteiger partial charge in [-0.25, -0.2) is 9.59 Å². The average molecular weight is 605 g/mol. The van der Waals surface area contributed by atoms with Crippen LogP contribution in [0.15, 0.2) is 9.98 Å². The largest absolute Gasteiger partial charge is 0.480 e. The number of amides is 2. The third-order valence-electron chi connectivity index (χ3n) is 5.34. The number of rotatable bonds is 23. The van der Waals surface area contributed by atoms with Gasteiger partial charge in [-0.1, -0.05) is 0 Å². The first-order valence-corrected chi connectivity index (χ1v) is 12.6. The lowest BCUT2D eigenvalue weighted by Gasteiger charge is -2.26. The number of aliphatic imine (C=N–C) groups is 2. The van der Waals surface area contributed by atoms with Gasteiger partial charge in [-0.15, -0.1) is 0 Å². The molecule has 0 heterocycles. The fraction of sp³-hybridized carbons (Fsp3) is 0.636. The summed E-state index contributed by atoms with van der Waals surface area (Å²) in [6, 6.07) is -2.60. The van der Waals surface area contributed by atoms with Gasteiger partial charge in [-0.05, 0) is 25.7 Å². The summed E-state index contributed by atoms with van der Waals surface area (Å²) < 4.78 is 0. The van der Waals surface area contributed by atoms with Crippen LogP contribution in [0.25, 0.3) is 0 Å². The molecule has 0 bridgehead atoms. The molecule has 0 rings (SSSR count). The van der Waals surface area contributed by atoms with E-state index >= 15 is 0 Å². The number of carbonyl (C=O) groups excluding carboxylic acids is 2. The van der Waals surface area contributed by atoms with Crippen LogP contribution in [0.2, 0.25) is 0 Å². The molecule has 20 heteroatoms. The number of nitrogens with one attached hydrogen (secondary N) is 2. The Labute approximate surface area is 240 Å². The quantitative estimate of drug-likeness (QED) is 0.0296. The molecule has 0 aromatic heterocycles. The van der Waals surface area contributed by atoms with Crippen LogP contribution in [0.5, 0.6) is 0 Å². The first kappa shape index (κ1) is 37.3. The molecule has 20 nitrogen and oxygen atoms in total. The van der Waals surface area contributed by atoms with Crippen molar-refractivity contribution in [3.63, 3.8) is 0 Å². The molecule has 0 spiro atoms. The van der Waals surface area contributed by atoms with E-state index in [1.165, 1.54) is 0 Å². The van der Waals surface area contributed by atoms with Crippen molar-refractivity contribution in [2.45, 2.75) is 37.8 Å². The predicted molar refractivity (Wildman–Crippen MR) is 147 cm³/mol. The van der Waals surface area contributed by atoms with Crippen LogP contribution in [0.3, 0.4) is 0 Å². The molecule has 2 amide bonds. The number of nitrogens with two attached hydrogens (primary N) is 4. The normalized spacial score (nSPS) is 12.1. The van der Waals surface area contributed by atoms with Crippen LogP contribution in [0, 0.1) is 0 Å². The number of carboxylic acid groups (broad SMARTS) is 4. The smallest absolute Gasteiger partial charge is 0.326 e. The zero-order valence-electron chi connectivity index (χ0n) is 23.0. The highest BCUT2D eigenvalue weighted by Gasteiger charge is 2.24. The maximum Gasteiger partial charge on any atom is 0.326 e. The van der Waals surface area contributed by atoms with E-state index in [0.29, 0.717) is 0 Å². The van der Waals surface area contributed by atoms with Crippen LogP contribution in [0.4, 0.5) is 0 Å². The lowest BCUT2D eigenvalue weighted by Crippen LogP contribution is -2.50. The molecule has 0 aromatic carbocycles. The summed E-state index contributed by atoms with van der Waals surface area (Å²) in [5.74, 6) is -7.25. The van der Waals surface area contributed by atoms with Gasteiger partial charge in [0.15, 0.2) is 11.9 Å². The van der Waals surface area contributed by atoms with E-state index in [0.717, 1.165) is 9.80 Å². The third kappa shape index (κ3) is 19.4. The second-order valence-corrected chi connectivity index (χ2v) is 9.02. The number of carboxylic acids is 4. The van der Waals surface area contributed by atoms with E-state index in [1.807, 2.05) is 0 Å². The minimum Gasteiger partial charge on any atom is -0.480 e. The van der Waals surface area contributed by atoms with Crippen molar-refractivity contribution in [3.8, 4) is 0 Å². The minimum atomic E-state index is -1.33. The molecule has 0 radical (unpaired) electrons. The van der Waals surface area contributed by atoms with Crippen LogP contribution in [-0.4, -0.2) is 142 Å². The van der Waals surface area contributed by atoms with E-state index in [1.54, 1.807) is 0 Å². The molecule has 0 aliphatic rings. The van der Waals surface area contributed by atoms with E-state index < -0.39 is 74.0 Å². The molecule has 0 saturated heterocycles. The maximum absolute atomic E-state index is 12.5. The van der Waals surface area contributed by atoms with Crippen LogP contribution >= 0.6 is 0 Å². The number of hydrogen-bond donors (Lipinski definition) is 10. The summed E-state index contributed by atoms with van der Waals surface area (Å²) in [7, 11) is 0. The first-order chi connectivity index (χ1) is 19.6. The van der Waals surface area contributed by atoms with Crippen molar-refractivity contribution < 1.29 is 49.2 Å². The number of hydrogen-bond acceptors (Lipinski definition) is 10. The van der Waals surface area contributed by atoms with Crippen molar-refractivity contribution in [2.24, 2.45) is 32.9 Å². The van der Waals surface area contributed by atoms with Gasteiger partial charge < -0.3 is 54.0 Å². The maximum atomic E-state index is 12.5. The van der Waals surface area contributed by atoms with Crippen LogP contribution in [-0.2, 0) is 28.8 Å². The molecule has 0 fully saturated rings. The van der Waals surface area contributed by atoms with Crippen molar-refractivity contribution in [1.29, 1.82) is 0 Å². The molecule has 42 heavy (non-hydrogen) atoms. The molecule has 0 aromatic rings. The minimum absolute atomic E-state index is 0.0100. The monoisotopic (exact) mass is 604 g/mol. The van der Waals surface area contributed by atoms with E-state index in [4.69, 9.17) is 22.9 Å². The SMILES string of the molecule is NC(N)=NCCC[C@@H](NC(=O)CN(CCN(CC(=O)O)CC(=O)N[C@H](CCCN=C(N)N)C(=O)O)CC(=O)O)C(=O)O. The highest BCUT2D eigenvalue weighted by atomic mass is 16.4. The van der Waals surface area contributed by atoms with Crippen molar-refractivity contribution in [2.75, 3.05) is 52.4 Å². The van der Waals surface area contributed by atoms with Gasteiger partial charge in [-0.2, -0.15) is 0 Å². The fourth-order valence-electron chi connectivity index (χ4n) is 3.50. The Hall–Kier alpha value is -4.72. The zero-order chi connectivity index (χ0) is 32.2. The van der Waals surface area contributed by atoms with Gasteiger partial charge in [-0.3, -0.25) is 39.0 Å². The summed E-state index contributed by atoms with van der Waals surface area (Å²) in [5.41, 5.74) is 20.8. The van der Waals surface area contributed by atoms with Crippen molar-refractivity contribution in [1.82, 2.24) is 20.4 Å². The number of carbonyl (C=O) groups is 6. The second-order valence-electron chi connectivity index (χ2n) is 9.02. The summed E-state index contributed by atoms with van der Waals surface area (Å²) in [6.45, 7) is -2.55.